The summed E-state index contributed by atoms with van der Waals surface area (Å²) in [5.74, 6) is 0.167. The first kappa shape index (κ1) is 13.5. The summed E-state index contributed by atoms with van der Waals surface area (Å²) in [5, 5.41) is 13.0. The van der Waals surface area contributed by atoms with E-state index in [1.165, 1.54) is 0 Å². The highest BCUT2D eigenvalue weighted by molar-refractivity contribution is 7.14. The Morgan fingerprint density at radius 3 is 2.78 bits per heavy atom. The molecule has 1 aliphatic rings. The Balaban J connectivity index is 1.96. The number of anilines is 1. The van der Waals surface area contributed by atoms with Crippen LogP contribution in [0.2, 0.25) is 0 Å². The molecule has 0 bridgehead atoms. The number of rotatable bonds is 3. The van der Waals surface area contributed by atoms with Crippen LogP contribution in [0.3, 0.4) is 0 Å². The third-order valence-electron chi connectivity index (χ3n) is 3.81. The molecule has 0 aromatic carbocycles. The summed E-state index contributed by atoms with van der Waals surface area (Å²) in [6, 6.07) is 3.89. The van der Waals surface area contributed by atoms with Crippen molar-refractivity contribution < 1.29 is 9.90 Å². The van der Waals surface area contributed by atoms with Crippen molar-refractivity contribution in [1.82, 2.24) is 0 Å². The topological polar surface area (TPSA) is 66.6 Å². The van der Waals surface area contributed by atoms with E-state index in [0.29, 0.717) is 12.8 Å². The molecule has 2 rings (SSSR count). The van der Waals surface area contributed by atoms with Gasteiger partial charge in [0.25, 0.3) is 0 Å². The molecule has 0 aliphatic heterocycles. The van der Waals surface area contributed by atoms with E-state index in [2.05, 4.69) is 0 Å². The normalized spacial score (nSPS) is 28.1. The first-order valence-electron chi connectivity index (χ1n) is 6.29. The zero-order chi connectivity index (χ0) is 13.2. The minimum absolute atomic E-state index is 0.0175. The Morgan fingerprint density at radius 1 is 1.61 bits per heavy atom. The van der Waals surface area contributed by atoms with Gasteiger partial charge in [-0.1, -0.05) is 0 Å². The maximum Gasteiger partial charge on any atom is 0.230 e. The van der Waals surface area contributed by atoms with Gasteiger partial charge in [0.15, 0.2) is 0 Å². The first-order valence-corrected chi connectivity index (χ1v) is 7.17. The van der Waals surface area contributed by atoms with E-state index < -0.39 is 5.60 Å². The van der Waals surface area contributed by atoms with Crippen LogP contribution in [0.25, 0.3) is 0 Å². The molecule has 4 nitrogen and oxygen atoms in total. The van der Waals surface area contributed by atoms with E-state index in [-0.39, 0.29) is 18.4 Å². The highest BCUT2D eigenvalue weighted by atomic mass is 32.1. The molecule has 1 fully saturated rings. The van der Waals surface area contributed by atoms with Crippen LogP contribution in [0.4, 0.5) is 5.00 Å². The fraction of sp³-hybridized carbons (Fsp3) is 0.615. The zero-order valence-electron chi connectivity index (χ0n) is 10.6. The number of nitrogens with zero attached hydrogens (tertiary/aromatic N) is 1. The Hall–Kier alpha value is -0.910. The number of nitrogens with two attached hydrogens (primary N) is 1. The molecule has 1 aromatic heterocycles. The predicted octanol–water partition coefficient (Wildman–Crippen LogP) is 1.59. The number of aliphatic hydroxyl groups is 1. The van der Waals surface area contributed by atoms with Crippen molar-refractivity contribution in [2.75, 3.05) is 18.5 Å². The molecule has 18 heavy (non-hydrogen) atoms. The number of carbonyl (C=O) groups excluding carboxylic acids is 1. The Bertz CT molecular complexity index is 397. The first-order chi connectivity index (χ1) is 8.56. The van der Waals surface area contributed by atoms with Gasteiger partial charge in [-0.05, 0) is 43.2 Å². The minimum atomic E-state index is -0.752. The van der Waals surface area contributed by atoms with Gasteiger partial charge in [-0.15, -0.1) is 11.3 Å². The molecule has 0 atom stereocenters. The molecular weight excluding hydrogens is 248 g/mol. The van der Waals surface area contributed by atoms with Crippen LogP contribution in [0.5, 0.6) is 0 Å². The third-order valence-corrected chi connectivity index (χ3v) is 4.76. The lowest BCUT2D eigenvalue weighted by molar-refractivity contribution is -0.124. The van der Waals surface area contributed by atoms with E-state index in [4.69, 9.17) is 5.73 Å². The van der Waals surface area contributed by atoms with Crippen molar-refractivity contribution in [3.05, 3.63) is 17.5 Å². The molecule has 0 unspecified atom stereocenters. The van der Waals surface area contributed by atoms with Crippen LogP contribution in [-0.2, 0) is 4.79 Å². The predicted molar refractivity (Wildman–Crippen MR) is 73.7 cm³/mol. The summed E-state index contributed by atoms with van der Waals surface area (Å²) in [4.78, 5) is 14.0. The van der Waals surface area contributed by atoms with Crippen molar-refractivity contribution in [3.63, 3.8) is 0 Å². The largest absolute Gasteiger partial charge is 0.389 e. The summed E-state index contributed by atoms with van der Waals surface area (Å²) in [6.07, 6.45) is 2.70. The lowest BCUT2D eigenvalue weighted by atomic mass is 9.78. The van der Waals surface area contributed by atoms with Gasteiger partial charge in [0.05, 0.1) is 10.6 Å². The average molecular weight is 268 g/mol. The van der Waals surface area contributed by atoms with Gasteiger partial charge in [-0.2, -0.15) is 0 Å². The number of hydrogen-bond donors (Lipinski definition) is 2. The van der Waals surface area contributed by atoms with Crippen molar-refractivity contribution >= 4 is 22.2 Å². The molecule has 3 N–H and O–H groups in total. The van der Waals surface area contributed by atoms with E-state index in [1.807, 2.05) is 24.6 Å². The molecule has 0 radical (unpaired) electrons. The quantitative estimate of drug-likeness (QED) is 0.875. The van der Waals surface area contributed by atoms with E-state index >= 15 is 0 Å². The van der Waals surface area contributed by atoms with Gasteiger partial charge < -0.3 is 15.7 Å². The third kappa shape index (κ3) is 2.74. The van der Waals surface area contributed by atoms with Gasteiger partial charge in [0.2, 0.25) is 5.91 Å². The van der Waals surface area contributed by atoms with Gasteiger partial charge in [-0.25, -0.2) is 0 Å². The molecule has 0 saturated heterocycles. The molecule has 0 spiro atoms. The second-order valence-electron chi connectivity index (χ2n) is 5.05. The summed E-state index contributed by atoms with van der Waals surface area (Å²) >= 11 is 1.56. The van der Waals surface area contributed by atoms with Crippen molar-refractivity contribution in [2.24, 2.45) is 11.7 Å². The van der Waals surface area contributed by atoms with Crippen molar-refractivity contribution in [1.29, 1.82) is 0 Å². The molecule has 1 aliphatic carbocycles. The van der Waals surface area contributed by atoms with Crippen molar-refractivity contribution in [3.8, 4) is 0 Å². The molecule has 5 heteroatoms. The van der Waals surface area contributed by atoms with Crippen LogP contribution in [0.1, 0.15) is 25.7 Å². The summed E-state index contributed by atoms with van der Waals surface area (Å²) in [5.41, 5.74) is 4.80. The minimum Gasteiger partial charge on any atom is -0.389 e. The number of thiophene rings is 1. The zero-order valence-corrected chi connectivity index (χ0v) is 11.4. The van der Waals surface area contributed by atoms with Gasteiger partial charge in [0.1, 0.15) is 0 Å². The van der Waals surface area contributed by atoms with Gasteiger partial charge in [-0.3, -0.25) is 4.79 Å². The fourth-order valence-electron chi connectivity index (χ4n) is 2.45. The van der Waals surface area contributed by atoms with Crippen LogP contribution in [0.15, 0.2) is 17.5 Å². The van der Waals surface area contributed by atoms with Crippen LogP contribution in [0, 0.1) is 5.92 Å². The lowest BCUT2D eigenvalue weighted by Crippen LogP contribution is -2.44. The maximum absolute atomic E-state index is 12.3. The molecule has 1 amide bonds. The van der Waals surface area contributed by atoms with Crippen molar-refractivity contribution in [2.45, 2.75) is 31.3 Å². The number of carbonyl (C=O) groups is 1. The Morgan fingerprint density at radius 2 is 2.28 bits per heavy atom. The molecule has 1 heterocycles. The molecule has 100 valence electrons. The highest BCUT2D eigenvalue weighted by Gasteiger charge is 2.35. The molecule has 1 saturated carbocycles. The Kier molecular flexibility index (Phi) is 4.04. The summed E-state index contributed by atoms with van der Waals surface area (Å²) in [7, 11) is 1.82. The number of hydrogen-bond acceptors (Lipinski definition) is 4. The number of amides is 1. The van der Waals surface area contributed by atoms with E-state index in [1.54, 1.807) is 16.2 Å². The summed E-state index contributed by atoms with van der Waals surface area (Å²) in [6.45, 7) is 0.286. The highest BCUT2D eigenvalue weighted by Crippen LogP contribution is 2.33. The monoisotopic (exact) mass is 268 g/mol. The fourth-order valence-corrected chi connectivity index (χ4v) is 3.15. The summed E-state index contributed by atoms with van der Waals surface area (Å²) < 4.78 is 0. The van der Waals surface area contributed by atoms with E-state index in [0.717, 1.165) is 17.8 Å². The van der Waals surface area contributed by atoms with E-state index in [9.17, 15) is 9.90 Å². The smallest absolute Gasteiger partial charge is 0.230 e. The van der Waals surface area contributed by atoms with Crippen LogP contribution < -0.4 is 10.6 Å². The average Bonchev–Trinajstić information content (AvgIpc) is 2.92. The maximum atomic E-state index is 12.3. The SMILES string of the molecule is CN(C(=O)C1CCC(O)(CN)CC1)c1cccs1. The molecule has 1 aromatic rings. The lowest BCUT2D eigenvalue weighted by Gasteiger charge is -2.35. The van der Waals surface area contributed by atoms with Crippen LogP contribution in [-0.4, -0.2) is 30.2 Å². The van der Waals surface area contributed by atoms with Gasteiger partial charge >= 0.3 is 0 Å². The molecular formula is C13H20N2O2S. The standard InChI is InChI=1S/C13H20N2O2S/c1-15(11-3-2-8-18-11)12(16)10-4-6-13(17,9-14)7-5-10/h2-3,8,10,17H,4-7,9,14H2,1H3. The second kappa shape index (κ2) is 5.38. The van der Waals surface area contributed by atoms with Gasteiger partial charge in [0, 0.05) is 19.5 Å². The second-order valence-corrected chi connectivity index (χ2v) is 5.98. The Labute approximate surface area is 111 Å². The van der Waals surface area contributed by atoms with Crippen LogP contribution >= 0.6 is 11.3 Å².